The molecule has 0 unspecified atom stereocenters. The van der Waals surface area contributed by atoms with Crippen LogP contribution in [0.2, 0.25) is 0 Å². The first kappa shape index (κ1) is 19.6. The predicted octanol–water partition coefficient (Wildman–Crippen LogP) is 7.84. The van der Waals surface area contributed by atoms with Crippen LogP contribution in [0.4, 0.5) is 24.5 Å². The number of ether oxygens (including phenoxy) is 1. The number of para-hydroxylation sites is 2. The third-order valence-corrected chi connectivity index (χ3v) is 6.26. The van der Waals surface area contributed by atoms with E-state index >= 15 is 0 Å². The van der Waals surface area contributed by atoms with Gasteiger partial charge in [0.15, 0.2) is 5.75 Å². The van der Waals surface area contributed by atoms with E-state index in [1.807, 2.05) is 12.1 Å². The lowest BCUT2D eigenvalue weighted by Gasteiger charge is -2.23. The quantitative estimate of drug-likeness (QED) is 0.336. The Balaban J connectivity index is 1.89. The molecule has 1 aromatic heterocycles. The molecule has 0 N–H and O–H groups in total. The summed E-state index contributed by atoms with van der Waals surface area (Å²) in [5.74, 6) is 0.164. The molecule has 0 saturated carbocycles. The van der Waals surface area contributed by atoms with Crippen LogP contribution >= 0.6 is 11.3 Å². The topological polar surface area (TPSA) is 12.5 Å². The summed E-state index contributed by atoms with van der Waals surface area (Å²) in [6.45, 7) is 4.33. The maximum absolute atomic E-state index is 12.9. The molecule has 150 valence electrons. The Morgan fingerprint density at radius 1 is 0.828 bits per heavy atom. The molecule has 2 nitrogen and oxygen atoms in total. The van der Waals surface area contributed by atoms with Crippen LogP contribution < -0.4 is 9.64 Å². The molecule has 0 aliphatic carbocycles. The van der Waals surface area contributed by atoms with Gasteiger partial charge in [0.2, 0.25) is 0 Å². The van der Waals surface area contributed by atoms with Gasteiger partial charge in [-0.05, 0) is 29.7 Å². The van der Waals surface area contributed by atoms with Gasteiger partial charge >= 0.3 is 6.36 Å². The zero-order chi connectivity index (χ0) is 20.8. The molecule has 0 saturated heterocycles. The first-order chi connectivity index (χ1) is 13.8. The third-order valence-electron chi connectivity index (χ3n) is 4.97. The number of benzene rings is 3. The van der Waals surface area contributed by atoms with E-state index in [2.05, 4.69) is 42.8 Å². The summed E-state index contributed by atoms with van der Waals surface area (Å²) in [5.41, 5.74) is 2.48. The van der Waals surface area contributed by atoms with Crippen molar-refractivity contribution >= 4 is 42.9 Å². The van der Waals surface area contributed by atoms with E-state index in [1.54, 1.807) is 35.4 Å². The average Bonchev–Trinajstić information content (AvgIpc) is 3.05. The number of halogens is 3. The van der Waals surface area contributed by atoms with Gasteiger partial charge in [-0.25, -0.2) is 0 Å². The van der Waals surface area contributed by atoms with Crippen LogP contribution in [0.15, 0.2) is 60.7 Å². The van der Waals surface area contributed by atoms with E-state index in [-0.39, 0.29) is 5.75 Å². The maximum Gasteiger partial charge on any atom is 0.573 e. The van der Waals surface area contributed by atoms with Gasteiger partial charge in [0.05, 0.1) is 16.1 Å². The zero-order valence-corrected chi connectivity index (χ0v) is 17.1. The van der Waals surface area contributed by atoms with Crippen molar-refractivity contribution in [2.75, 3.05) is 11.9 Å². The van der Waals surface area contributed by atoms with Crippen molar-refractivity contribution in [1.82, 2.24) is 0 Å². The summed E-state index contributed by atoms with van der Waals surface area (Å²) in [7, 11) is 1.76. The van der Waals surface area contributed by atoms with Crippen LogP contribution in [0.3, 0.4) is 0 Å². The minimum absolute atomic E-state index is 0.219. The highest BCUT2D eigenvalue weighted by Gasteiger charge is 2.32. The molecule has 0 amide bonds. The fourth-order valence-electron chi connectivity index (χ4n) is 3.62. The number of hydrogen-bond acceptors (Lipinski definition) is 3. The van der Waals surface area contributed by atoms with Crippen molar-refractivity contribution in [1.29, 1.82) is 0 Å². The van der Waals surface area contributed by atoms with Crippen LogP contribution in [0.5, 0.6) is 5.75 Å². The van der Waals surface area contributed by atoms with E-state index < -0.39 is 6.36 Å². The zero-order valence-electron chi connectivity index (χ0n) is 16.2. The van der Waals surface area contributed by atoms with Gasteiger partial charge in [0, 0.05) is 22.5 Å². The van der Waals surface area contributed by atoms with Crippen molar-refractivity contribution in [2.45, 2.75) is 26.1 Å². The Labute approximate surface area is 171 Å². The van der Waals surface area contributed by atoms with Gasteiger partial charge in [-0.15, -0.1) is 24.5 Å². The molecule has 3 aromatic carbocycles. The predicted molar refractivity (Wildman–Crippen MR) is 115 cm³/mol. The van der Waals surface area contributed by atoms with Crippen molar-refractivity contribution in [2.24, 2.45) is 0 Å². The largest absolute Gasteiger partial charge is 0.573 e. The summed E-state index contributed by atoms with van der Waals surface area (Å²) in [6, 6.07) is 18.4. The lowest BCUT2D eigenvalue weighted by molar-refractivity contribution is -0.274. The van der Waals surface area contributed by atoms with Gasteiger partial charge < -0.3 is 9.64 Å². The highest BCUT2D eigenvalue weighted by molar-refractivity contribution is 7.26. The number of nitrogens with zero attached hydrogens (tertiary/aromatic N) is 1. The molecule has 0 spiro atoms. The number of fused-ring (bicyclic) bond motifs is 3. The second-order valence-electron chi connectivity index (χ2n) is 7.21. The third kappa shape index (κ3) is 3.65. The highest BCUT2D eigenvalue weighted by atomic mass is 32.1. The van der Waals surface area contributed by atoms with E-state index in [9.17, 15) is 13.2 Å². The monoisotopic (exact) mass is 415 g/mol. The smallest absolute Gasteiger partial charge is 0.404 e. The Kier molecular flexibility index (Phi) is 4.90. The van der Waals surface area contributed by atoms with E-state index in [1.165, 1.54) is 27.8 Å². The van der Waals surface area contributed by atoms with Crippen LogP contribution in [0.1, 0.15) is 25.3 Å². The summed E-state index contributed by atoms with van der Waals surface area (Å²) < 4.78 is 45.1. The van der Waals surface area contributed by atoms with E-state index in [4.69, 9.17) is 0 Å². The van der Waals surface area contributed by atoms with Crippen LogP contribution in [-0.2, 0) is 0 Å². The molecule has 6 heteroatoms. The number of anilines is 2. The van der Waals surface area contributed by atoms with Gasteiger partial charge in [-0.3, -0.25) is 0 Å². The SMILES string of the molecule is CC(C)c1cccc2c1sc1c(N(C)c3ccccc3OC(F)(F)F)cccc12. The van der Waals surface area contributed by atoms with Crippen molar-refractivity contribution in [3.05, 3.63) is 66.2 Å². The number of alkyl halides is 3. The molecule has 0 atom stereocenters. The summed E-state index contributed by atoms with van der Waals surface area (Å²) in [5, 5.41) is 2.28. The Morgan fingerprint density at radius 2 is 1.45 bits per heavy atom. The molecule has 29 heavy (non-hydrogen) atoms. The van der Waals surface area contributed by atoms with Gasteiger partial charge in [0.25, 0.3) is 0 Å². The summed E-state index contributed by atoms with van der Waals surface area (Å²) >= 11 is 1.68. The Morgan fingerprint density at radius 3 is 2.14 bits per heavy atom. The second-order valence-corrected chi connectivity index (χ2v) is 8.23. The van der Waals surface area contributed by atoms with Gasteiger partial charge in [-0.1, -0.05) is 56.3 Å². The summed E-state index contributed by atoms with van der Waals surface area (Å²) in [6.07, 6.45) is -4.74. The van der Waals surface area contributed by atoms with Crippen molar-refractivity contribution in [3.63, 3.8) is 0 Å². The normalized spacial score (nSPS) is 12.1. The lowest BCUT2D eigenvalue weighted by atomic mass is 10.0. The molecule has 0 fully saturated rings. The molecule has 0 bridgehead atoms. The van der Waals surface area contributed by atoms with Crippen molar-refractivity contribution < 1.29 is 17.9 Å². The summed E-state index contributed by atoms with van der Waals surface area (Å²) in [4.78, 5) is 1.76. The number of hydrogen-bond donors (Lipinski definition) is 0. The molecular formula is C23H20F3NOS. The Bertz CT molecular complexity index is 1180. The number of rotatable bonds is 4. The first-order valence-electron chi connectivity index (χ1n) is 9.29. The highest BCUT2D eigenvalue weighted by Crippen LogP contribution is 2.45. The van der Waals surface area contributed by atoms with Crippen LogP contribution in [0.25, 0.3) is 20.2 Å². The molecule has 0 radical (unpaired) electrons. The maximum atomic E-state index is 12.9. The Hall–Kier alpha value is -2.73. The molecule has 4 rings (SSSR count). The van der Waals surface area contributed by atoms with E-state index in [0.29, 0.717) is 11.6 Å². The molecule has 0 aliphatic rings. The van der Waals surface area contributed by atoms with Gasteiger partial charge in [-0.2, -0.15) is 0 Å². The van der Waals surface area contributed by atoms with Crippen LogP contribution in [0, 0.1) is 0 Å². The molecule has 0 aliphatic heterocycles. The first-order valence-corrected chi connectivity index (χ1v) is 10.1. The standard InChI is InChI=1S/C23H20F3NOS/c1-14(2)15-8-6-9-16-17-10-7-12-19(22(17)29-21(15)16)27(3)18-11-4-5-13-20(18)28-23(24,25)26/h4-14H,1-3H3. The number of thiophene rings is 1. The van der Waals surface area contributed by atoms with E-state index in [0.717, 1.165) is 15.8 Å². The van der Waals surface area contributed by atoms with Gasteiger partial charge in [0.1, 0.15) is 0 Å². The molecule has 4 aromatic rings. The minimum atomic E-state index is -4.74. The lowest BCUT2D eigenvalue weighted by Crippen LogP contribution is -2.19. The minimum Gasteiger partial charge on any atom is -0.404 e. The fourth-order valence-corrected chi connectivity index (χ4v) is 5.13. The van der Waals surface area contributed by atoms with Crippen LogP contribution in [-0.4, -0.2) is 13.4 Å². The fraction of sp³-hybridized carbons (Fsp3) is 0.217. The van der Waals surface area contributed by atoms with Crippen molar-refractivity contribution in [3.8, 4) is 5.75 Å². The average molecular weight is 415 g/mol. The second kappa shape index (κ2) is 7.26. The molecule has 1 heterocycles. The molecular weight excluding hydrogens is 395 g/mol.